The summed E-state index contributed by atoms with van der Waals surface area (Å²) in [5, 5.41) is 0.899. The van der Waals surface area contributed by atoms with Gasteiger partial charge in [0.25, 0.3) is 5.91 Å². The maximum absolute atomic E-state index is 13.6. The summed E-state index contributed by atoms with van der Waals surface area (Å²) in [5.74, 6) is 0.915. The molecule has 0 saturated carbocycles. The van der Waals surface area contributed by atoms with Crippen LogP contribution in [0.25, 0.3) is 22.2 Å². The predicted octanol–water partition coefficient (Wildman–Crippen LogP) is 5.18. The van der Waals surface area contributed by atoms with Crippen LogP contribution in [0.15, 0.2) is 78.9 Å². The fourth-order valence-corrected chi connectivity index (χ4v) is 4.36. The summed E-state index contributed by atoms with van der Waals surface area (Å²) in [6.45, 7) is 5.03. The zero-order valence-electron chi connectivity index (χ0n) is 19.0. The lowest BCUT2D eigenvalue weighted by Gasteiger charge is -2.36. The van der Waals surface area contributed by atoms with Gasteiger partial charge in [-0.15, -0.1) is 0 Å². The summed E-state index contributed by atoms with van der Waals surface area (Å²) in [5.41, 5.74) is 5.76. The van der Waals surface area contributed by atoms with Crippen LogP contribution in [0.5, 0.6) is 5.75 Å². The topological polar surface area (TPSA) is 45.7 Å². The normalized spacial score (nSPS) is 13.9. The number of benzene rings is 3. The maximum atomic E-state index is 13.6. The minimum Gasteiger partial charge on any atom is -0.497 e. The van der Waals surface area contributed by atoms with Crippen LogP contribution < -0.4 is 9.64 Å². The Bertz CT molecular complexity index is 1280. The molecule has 1 saturated heterocycles. The number of carbonyl (C=O) groups excluding carboxylic acids is 1. The number of piperazine rings is 1. The lowest BCUT2D eigenvalue weighted by molar-refractivity contribution is 0.0748. The van der Waals surface area contributed by atoms with Crippen molar-refractivity contribution in [1.82, 2.24) is 9.88 Å². The van der Waals surface area contributed by atoms with Gasteiger partial charge in [-0.2, -0.15) is 0 Å². The molecule has 1 aliphatic rings. The van der Waals surface area contributed by atoms with Crippen LogP contribution in [0.3, 0.4) is 0 Å². The number of hydrogen-bond donors (Lipinski definition) is 0. The average Bonchev–Trinajstić information content (AvgIpc) is 2.88. The zero-order valence-corrected chi connectivity index (χ0v) is 19.0. The van der Waals surface area contributed by atoms with E-state index in [1.807, 2.05) is 47.4 Å². The van der Waals surface area contributed by atoms with Crippen LogP contribution in [0, 0.1) is 6.92 Å². The molecule has 166 valence electrons. The molecule has 2 heterocycles. The minimum absolute atomic E-state index is 0.0661. The molecule has 1 amide bonds. The van der Waals surface area contributed by atoms with Crippen molar-refractivity contribution in [1.29, 1.82) is 0 Å². The molecular formula is C28H27N3O2. The SMILES string of the molecule is COc1ccc(N2CCN(C(=O)c3cc(-c4ccc(C)cc4)nc4ccccc34)CC2)cc1. The predicted molar refractivity (Wildman–Crippen MR) is 133 cm³/mol. The second-order valence-electron chi connectivity index (χ2n) is 8.42. The Kier molecular flexibility index (Phi) is 5.69. The molecule has 5 rings (SSSR count). The smallest absolute Gasteiger partial charge is 0.254 e. The first-order chi connectivity index (χ1) is 16.1. The van der Waals surface area contributed by atoms with Crippen LogP contribution in [-0.4, -0.2) is 49.1 Å². The number of anilines is 1. The Morgan fingerprint density at radius 1 is 0.879 bits per heavy atom. The second kappa shape index (κ2) is 8.94. The Morgan fingerprint density at radius 3 is 2.27 bits per heavy atom. The first kappa shape index (κ1) is 21.0. The summed E-state index contributed by atoms with van der Waals surface area (Å²) in [7, 11) is 1.67. The van der Waals surface area contributed by atoms with Crippen molar-refractivity contribution < 1.29 is 9.53 Å². The van der Waals surface area contributed by atoms with E-state index in [1.165, 1.54) is 5.56 Å². The molecule has 33 heavy (non-hydrogen) atoms. The number of para-hydroxylation sites is 1. The highest BCUT2D eigenvalue weighted by molar-refractivity contribution is 6.07. The number of amides is 1. The van der Waals surface area contributed by atoms with Gasteiger partial charge in [-0.05, 0) is 43.3 Å². The van der Waals surface area contributed by atoms with E-state index in [0.29, 0.717) is 18.7 Å². The number of ether oxygens (including phenoxy) is 1. The molecule has 0 atom stereocenters. The van der Waals surface area contributed by atoms with Gasteiger partial charge in [0.2, 0.25) is 0 Å². The number of carbonyl (C=O) groups is 1. The van der Waals surface area contributed by atoms with Crippen molar-refractivity contribution in [3.63, 3.8) is 0 Å². The molecule has 0 N–H and O–H groups in total. The molecule has 0 unspecified atom stereocenters. The van der Waals surface area contributed by atoms with Crippen molar-refractivity contribution in [2.45, 2.75) is 6.92 Å². The summed E-state index contributed by atoms with van der Waals surface area (Å²) in [4.78, 5) is 22.8. The number of rotatable bonds is 4. The number of hydrogen-bond acceptors (Lipinski definition) is 4. The molecule has 5 heteroatoms. The second-order valence-corrected chi connectivity index (χ2v) is 8.42. The minimum atomic E-state index is 0.0661. The third-order valence-electron chi connectivity index (χ3n) is 6.30. The van der Waals surface area contributed by atoms with E-state index < -0.39 is 0 Å². The van der Waals surface area contributed by atoms with Crippen molar-refractivity contribution in [3.8, 4) is 17.0 Å². The third-order valence-corrected chi connectivity index (χ3v) is 6.30. The highest BCUT2D eigenvalue weighted by atomic mass is 16.5. The Balaban J connectivity index is 1.40. The number of methoxy groups -OCH3 is 1. The molecule has 0 aliphatic carbocycles. The Hall–Kier alpha value is -3.86. The van der Waals surface area contributed by atoms with Gasteiger partial charge >= 0.3 is 0 Å². The van der Waals surface area contributed by atoms with Crippen molar-refractivity contribution in [2.75, 3.05) is 38.2 Å². The van der Waals surface area contributed by atoms with E-state index in [-0.39, 0.29) is 5.91 Å². The van der Waals surface area contributed by atoms with Crippen LogP contribution in [0.2, 0.25) is 0 Å². The highest BCUT2D eigenvalue weighted by Gasteiger charge is 2.24. The average molecular weight is 438 g/mol. The number of pyridine rings is 1. The highest BCUT2D eigenvalue weighted by Crippen LogP contribution is 2.27. The summed E-state index contributed by atoms with van der Waals surface area (Å²) >= 11 is 0. The number of nitrogens with zero attached hydrogens (tertiary/aromatic N) is 3. The molecule has 0 spiro atoms. The van der Waals surface area contributed by atoms with Gasteiger partial charge in [0.15, 0.2) is 0 Å². The van der Waals surface area contributed by atoms with Crippen LogP contribution in [0.4, 0.5) is 5.69 Å². The molecule has 0 bridgehead atoms. The van der Waals surface area contributed by atoms with Crippen LogP contribution in [-0.2, 0) is 0 Å². The lowest BCUT2D eigenvalue weighted by Crippen LogP contribution is -2.48. The van der Waals surface area contributed by atoms with Crippen molar-refractivity contribution in [2.24, 2.45) is 0 Å². The van der Waals surface area contributed by atoms with Crippen LogP contribution in [0.1, 0.15) is 15.9 Å². The van der Waals surface area contributed by atoms with E-state index in [0.717, 1.165) is 46.7 Å². The molecule has 5 nitrogen and oxygen atoms in total. The lowest BCUT2D eigenvalue weighted by atomic mass is 10.0. The molecule has 4 aromatic rings. The van der Waals surface area contributed by atoms with E-state index >= 15 is 0 Å². The quantitative estimate of drug-likeness (QED) is 0.441. The number of fused-ring (bicyclic) bond motifs is 1. The standard InChI is InChI=1S/C28H27N3O2/c1-20-7-9-21(10-8-20)27-19-25(24-5-3-4-6-26(24)29-27)28(32)31-17-15-30(16-18-31)22-11-13-23(33-2)14-12-22/h3-14,19H,15-18H2,1-2H3. The van der Waals surface area contributed by atoms with E-state index in [2.05, 4.69) is 48.2 Å². The number of aryl methyl sites for hydroxylation is 1. The van der Waals surface area contributed by atoms with Gasteiger partial charge in [0, 0.05) is 42.8 Å². The first-order valence-corrected chi connectivity index (χ1v) is 11.3. The third kappa shape index (κ3) is 4.27. The van der Waals surface area contributed by atoms with E-state index in [4.69, 9.17) is 9.72 Å². The van der Waals surface area contributed by atoms with Gasteiger partial charge in [-0.1, -0.05) is 48.0 Å². The zero-order chi connectivity index (χ0) is 22.8. The summed E-state index contributed by atoms with van der Waals surface area (Å²) in [6, 6.07) is 26.2. The molecule has 1 aromatic heterocycles. The van der Waals surface area contributed by atoms with Gasteiger partial charge in [0.05, 0.1) is 23.9 Å². The maximum Gasteiger partial charge on any atom is 0.254 e. The van der Waals surface area contributed by atoms with Gasteiger partial charge in [-0.25, -0.2) is 4.98 Å². The van der Waals surface area contributed by atoms with Gasteiger partial charge in [-0.3, -0.25) is 4.79 Å². The largest absolute Gasteiger partial charge is 0.497 e. The number of aromatic nitrogens is 1. The summed E-state index contributed by atoms with van der Waals surface area (Å²) < 4.78 is 5.26. The molecule has 0 radical (unpaired) electrons. The van der Waals surface area contributed by atoms with E-state index in [9.17, 15) is 4.79 Å². The first-order valence-electron chi connectivity index (χ1n) is 11.3. The fourth-order valence-electron chi connectivity index (χ4n) is 4.36. The van der Waals surface area contributed by atoms with Gasteiger partial charge < -0.3 is 14.5 Å². The van der Waals surface area contributed by atoms with Crippen molar-refractivity contribution in [3.05, 3.63) is 90.0 Å². The van der Waals surface area contributed by atoms with E-state index in [1.54, 1.807) is 7.11 Å². The molecule has 3 aromatic carbocycles. The Morgan fingerprint density at radius 2 is 1.58 bits per heavy atom. The molecular weight excluding hydrogens is 410 g/mol. The fraction of sp³-hybridized carbons (Fsp3) is 0.214. The molecule has 1 fully saturated rings. The van der Waals surface area contributed by atoms with Crippen LogP contribution >= 0.6 is 0 Å². The molecule has 1 aliphatic heterocycles. The monoisotopic (exact) mass is 437 g/mol. The van der Waals surface area contributed by atoms with Gasteiger partial charge in [0.1, 0.15) is 5.75 Å². The Labute approximate surface area is 194 Å². The van der Waals surface area contributed by atoms with Crippen molar-refractivity contribution >= 4 is 22.5 Å². The summed E-state index contributed by atoms with van der Waals surface area (Å²) in [6.07, 6.45) is 0.